The first-order valence-corrected chi connectivity index (χ1v) is 9.50. The Morgan fingerprint density at radius 2 is 1.61 bits per heavy atom. The summed E-state index contributed by atoms with van der Waals surface area (Å²) in [6, 6.07) is 5.62. The van der Waals surface area contributed by atoms with E-state index in [1.165, 1.54) is 0 Å². The number of rotatable bonds is 5. The molecule has 3 rings (SSSR count). The fourth-order valence-corrected chi connectivity index (χ4v) is 3.29. The Kier molecular flexibility index (Phi) is 6.44. The molecule has 0 fully saturated rings. The zero-order valence-corrected chi connectivity index (χ0v) is 17.5. The monoisotopic (exact) mass is 473 g/mol. The second-order valence-electron chi connectivity index (χ2n) is 6.89. The molecule has 5 nitrogen and oxygen atoms in total. The van der Waals surface area contributed by atoms with Crippen LogP contribution in [0, 0.1) is 6.92 Å². The van der Waals surface area contributed by atoms with E-state index in [0.717, 1.165) is 43.5 Å². The van der Waals surface area contributed by atoms with Gasteiger partial charge in [-0.05, 0) is 55.3 Å². The van der Waals surface area contributed by atoms with Gasteiger partial charge in [0.15, 0.2) is 0 Å². The van der Waals surface area contributed by atoms with Gasteiger partial charge in [-0.2, -0.15) is 13.2 Å². The second kappa shape index (κ2) is 8.80. The number of carbonyl (C=O) groups excluding carboxylic acids is 1. The van der Waals surface area contributed by atoms with Gasteiger partial charge in [0, 0.05) is 11.1 Å². The van der Waals surface area contributed by atoms with Crippen LogP contribution < -0.4 is 9.47 Å². The molecule has 33 heavy (non-hydrogen) atoms. The molecule has 176 valence electrons. The average molecular weight is 473 g/mol. The van der Waals surface area contributed by atoms with E-state index in [1.807, 2.05) is 0 Å². The van der Waals surface area contributed by atoms with Crippen molar-refractivity contribution in [2.75, 3.05) is 7.11 Å². The number of ether oxygens (including phenoxy) is 3. The van der Waals surface area contributed by atoms with Gasteiger partial charge in [0.1, 0.15) is 22.8 Å². The van der Waals surface area contributed by atoms with Gasteiger partial charge >= 0.3 is 18.5 Å². The van der Waals surface area contributed by atoms with Gasteiger partial charge < -0.3 is 14.2 Å². The van der Waals surface area contributed by atoms with Gasteiger partial charge in [0.05, 0.1) is 18.2 Å². The smallest absolute Gasteiger partial charge is 0.465 e. The topological polar surface area (TPSA) is 57.7 Å². The van der Waals surface area contributed by atoms with E-state index in [-0.39, 0.29) is 22.2 Å². The van der Waals surface area contributed by atoms with Crippen LogP contribution >= 0.6 is 0 Å². The third kappa shape index (κ3) is 5.29. The summed E-state index contributed by atoms with van der Waals surface area (Å²) in [6.07, 6.45) is -9.39. The van der Waals surface area contributed by atoms with Gasteiger partial charge in [-0.3, -0.25) is 4.98 Å². The highest BCUT2D eigenvalue weighted by Crippen LogP contribution is 2.42. The van der Waals surface area contributed by atoms with Crippen LogP contribution in [0.2, 0.25) is 0 Å². The molecule has 0 spiro atoms. The summed E-state index contributed by atoms with van der Waals surface area (Å²) in [6.45, 7) is 3.35. The molecule has 0 saturated carbocycles. The zero-order valence-electron chi connectivity index (χ0n) is 17.5. The van der Waals surface area contributed by atoms with Crippen molar-refractivity contribution in [1.29, 1.82) is 0 Å². The van der Waals surface area contributed by atoms with E-state index in [2.05, 4.69) is 9.72 Å². The predicted octanol–water partition coefficient (Wildman–Crippen LogP) is 6.60. The lowest BCUT2D eigenvalue weighted by Gasteiger charge is -2.18. The number of hydrogen-bond donors (Lipinski definition) is 0. The summed E-state index contributed by atoms with van der Waals surface area (Å²) in [5.41, 5.74) is -0.306. The van der Waals surface area contributed by atoms with Gasteiger partial charge in [-0.1, -0.05) is 6.92 Å². The molecular weight excluding hydrogens is 456 g/mol. The molecule has 0 bridgehead atoms. The lowest BCUT2D eigenvalue weighted by atomic mass is 9.98. The molecule has 0 unspecified atom stereocenters. The van der Waals surface area contributed by atoms with Crippen LogP contribution in [0.25, 0.3) is 10.9 Å². The highest BCUT2D eigenvalue weighted by molar-refractivity contribution is 6.05. The van der Waals surface area contributed by atoms with E-state index in [0.29, 0.717) is 17.7 Å². The first-order valence-electron chi connectivity index (χ1n) is 9.50. The van der Waals surface area contributed by atoms with Gasteiger partial charge in [0.25, 0.3) is 0 Å². The van der Waals surface area contributed by atoms with Crippen LogP contribution in [0.5, 0.6) is 17.2 Å². The summed E-state index contributed by atoms with van der Waals surface area (Å²) in [5.74, 6) is -2.16. The van der Waals surface area contributed by atoms with Gasteiger partial charge in [-0.15, -0.1) is 13.2 Å². The van der Waals surface area contributed by atoms with Crippen molar-refractivity contribution in [3.8, 4) is 17.2 Å². The number of alkyl halides is 6. The van der Waals surface area contributed by atoms with Crippen molar-refractivity contribution in [3.05, 3.63) is 58.8 Å². The van der Waals surface area contributed by atoms with Gasteiger partial charge in [-0.25, -0.2) is 4.79 Å². The first-order chi connectivity index (χ1) is 15.3. The Hall–Kier alpha value is -3.50. The molecule has 0 aliphatic carbocycles. The summed E-state index contributed by atoms with van der Waals surface area (Å²) in [7, 11) is 1.14. The number of aryl methyl sites for hydroxylation is 1. The van der Waals surface area contributed by atoms with Crippen LogP contribution in [0.4, 0.5) is 26.3 Å². The maximum Gasteiger partial charge on any atom is 0.573 e. The lowest BCUT2D eigenvalue weighted by Crippen LogP contribution is -2.16. The molecule has 3 aromatic rings. The molecule has 1 aromatic heterocycles. The number of aromatic nitrogens is 1. The number of halogens is 6. The van der Waals surface area contributed by atoms with E-state index < -0.39 is 35.6 Å². The van der Waals surface area contributed by atoms with Crippen molar-refractivity contribution in [2.24, 2.45) is 0 Å². The van der Waals surface area contributed by atoms with Crippen LogP contribution in [0.1, 0.15) is 34.1 Å². The average Bonchev–Trinajstić information content (AvgIpc) is 2.72. The zero-order chi connectivity index (χ0) is 24.6. The van der Waals surface area contributed by atoms with Crippen LogP contribution in [-0.4, -0.2) is 24.4 Å². The molecule has 0 aliphatic rings. The van der Waals surface area contributed by atoms with Crippen molar-refractivity contribution >= 4 is 16.9 Å². The molecule has 1 heterocycles. The molecule has 0 N–H and O–H groups in total. The maximum absolute atomic E-state index is 13.8. The largest absolute Gasteiger partial charge is 0.573 e. The molecule has 0 saturated heterocycles. The number of pyridine rings is 1. The summed E-state index contributed by atoms with van der Waals surface area (Å²) >= 11 is 0. The number of carbonyl (C=O) groups is 1. The van der Waals surface area contributed by atoms with Crippen molar-refractivity contribution in [1.82, 2.24) is 4.98 Å². The summed E-state index contributed by atoms with van der Waals surface area (Å²) < 4.78 is 92.2. The molecular formula is C22H17F6NO4. The molecule has 11 heteroatoms. The number of nitrogens with zero attached hydrogens (tertiary/aromatic N) is 1. The highest BCUT2D eigenvalue weighted by atomic mass is 19.4. The quantitative estimate of drug-likeness (QED) is 0.309. The van der Waals surface area contributed by atoms with Crippen LogP contribution in [0.3, 0.4) is 0 Å². The minimum atomic E-state index is -4.92. The van der Waals surface area contributed by atoms with E-state index in [9.17, 15) is 31.1 Å². The molecule has 0 atom stereocenters. The first kappa shape index (κ1) is 24.1. The third-order valence-corrected chi connectivity index (χ3v) is 4.75. The fourth-order valence-electron chi connectivity index (χ4n) is 3.29. The van der Waals surface area contributed by atoms with Crippen molar-refractivity contribution < 1.29 is 45.3 Å². The summed E-state index contributed by atoms with van der Waals surface area (Å²) in [4.78, 5) is 16.7. The van der Waals surface area contributed by atoms with E-state index >= 15 is 0 Å². The number of esters is 1. The van der Waals surface area contributed by atoms with Crippen molar-refractivity contribution in [2.45, 2.75) is 32.8 Å². The standard InChI is InChI=1S/C22H17F6NO4/c1-4-16-11(2)19(20(30)31-3)14-9-18(15(21(23,24)25)10-17(14)29-16)32-12-5-7-13(8-6-12)33-22(26,27)28/h5-10H,4H2,1-3H3. The minimum absolute atomic E-state index is 0.0480. The molecule has 0 amide bonds. The molecule has 0 aliphatic heterocycles. The fraction of sp³-hybridized carbons (Fsp3) is 0.273. The minimum Gasteiger partial charge on any atom is -0.465 e. The Balaban J connectivity index is 2.16. The lowest BCUT2D eigenvalue weighted by molar-refractivity contribution is -0.274. The van der Waals surface area contributed by atoms with Crippen LogP contribution in [-0.2, 0) is 17.3 Å². The predicted molar refractivity (Wildman–Crippen MR) is 105 cm³/mol. The molecule has 0 radical (unpaired) electrons. The third-order valence-electron chi connectivity index (χ3n) is 4.75. The second-order valence-corrected chi connectivity index (χ2v) is 6.89. The van der Waals surface area contributed by atoms with Crippen molar-refractivity contribution in [3.63, 3.8) is 0 Å². The normalized spacial score (nSPS) is 12.0. The Morgan fingerprint density at radius 1 is 1.00 bits per heavy atom. The van der Waals surface area contributed by atoms with Crippen LogP contribution in [0.15, 0.2) is 36.4 Å². The number of methoxy groups -OCH3 is 1. The summed E-state index contributed by atoms with van der Waals surface area (Å²) in [5, 5.41) is 0.0802. The Bertz CT molecular complexity index is 1190. The number of fused-ring (bicyclic) bond motifs is 1. The van der Waals surface area contributed by atoms with Gasteiger partial charge in [0.2, 0.25) is 0 Å². The Labute approximate surface area is 183 Å². The number of hydrogen-bond acceptors (Lipinski definition) is 5. The van der Waals surface area contributed by atoms with E-state index in [1.54, 1.807) is 13.8 Å². The Morgan fingerprint density at radius 3 is 2.12 bits per heavy atom. The number of benzene rings is 2. The highest BCUT2D eigenvalue weighted by Gasteiger charge is 2.36. The maximum atomic E-state index is 13.8. The SMILES string of the molecule is CCc1nc2cc(C(F)(F)F)c(Oc3ccc(OC(F)(F)F)cc3)cc2c(C(=O)OC)c1C. The molecule has 2 aromatic carbocycles. The van der Waals surface area contributed by atoms with E-state index in [4.69, 9.17) is 9.47 Å².